The van der Waals surface area contributed by atoms with Crippen LogP contribution < -0.4 is 11.5 Å². The Morgan fingerprint density at radius 3 is 1.32 bits per heavy atom. The van der Waals surface area contributed by atoms with E-state index in [1.807, 2.05) is 19.9 Å². The summed E-state index contributed by atoms with van der Waals surface area (Å²) in [6.45, 7) is 3.68. The highest BCUT2D eigenvalue weighted by molar-refractivity contribution is 5.01. The topological polar surface area (TPSA) is 92.5 Å². The average molecular weight is 473 g/mol. The molecule has 194 valence electrons. The lowest BCUT2D eigenvalue weighted by atomic mass is 10.0. The highest BCUT2D eigenvalue weighted by atomic mass is 16.3. The van der Waals surface area contributed by atoms with Crippen molar-refractivity contribution in [3.05, 3.63) is 72.9 Å². The van der Waals surface area contributed by atoms with E-state index in [1.165, 1.54) is 19.3 Å². The minimum atomic E-state index is -0.451. The van der Waals surface area contributed by atoms with E-state index in [1.54, 1.807) is 0 Å². The Morgan fingerprint density at radius 2 is 0.882 bits per heavy atom. The van der Waals surface area contributed by atoms with Crippen molar-refractivity contribution in [3.63, 3.8) is 0 Å². The summed E-state index contributed by atoms with van der Waals surface area (Å²) < 4.78 is 0. The highest BCUT2D eigenvalue weighted by Crippen LogP contribution is 2.09. The first kappa shape index (κ1) is 32.3. The number of aliphatic hydroxyl groups excluding tert-OH is 2. The van der Waals surface area contributed by atoms with Crippen LogP contribution in [0.25, 0.3) is 0 Å². The normalized spacial score (nSPS) is 16.8. The third kappa shape index (κ3) is 23.4. The molecule has 0 aliphatic carbocycles. The third-order valence-corrected chi connectivity index (χ3v) is 5.57. The van der Waals surface area contributed by atoms with Gasteiger partial charge < -0.3 is 21.7 Å². The Hall–Kier alpha value is -1.72. The van der Waals surface area contributed by atoms with Crippen molar-refractivity contribution in [1.82, 2.24) is 0 Å². The van der Waals surface area contributed by atoms with E-state index in [2.05, 4.69) is 66.8 Å². The number of aliphatic hydroxyl groups is 2. The van der Waals surface area contributed by atoms with Crippen LogP contribution in [0.4, 0.5) is 0 Å². The number of hydrogen-bond acceptors (Lipinski definition) is 4. The van der Waals surface area contributed by atoms with Crippen molar-refractivity contribution in [3.8, 4) is 0 Å². The van der Waals surface area contributed by atoms with Crippen LogP contribution in [0.5, 0.6) is 0 Å². The minimum Gasteiger partial charge on any atom is -0.392 e. The van der Waals surface area contributed by atoms with Gasteiger partial charge in [0.2, 0.25) is 0 Å². The molecule has 6 N–H and O–H groups in total. The summed E-state index contributed by atoms with van der Waals surface area (Å²) in [5.74, 6) is 0. The van der Waals surface area contributed by atoms with Gasteiger partial charge in [-0.25, -0.2) is 0 Å². The summed E-state index contributed by atoms with van der Waals surface area (Å²) >= 11 is 0. The van der Waals surface area contributed by atoms with Gasteiger partial charge in [0.05, 0.1) is 12.2 Å². The lowest BCUT2D eigenvalue weighted by molar-refractivity contribution is 0.138. The van der Waals surface area contributed by atoms with Gasteiger partial charge in [0.15, 0.2) is 0 Å². The number of nitrogens with two attached hydrogens (primary N) is 2. The molecule has 0 aromatic rings. The molecule has 4 heteroatoms. The molecule has 0 fully saturated rings. The fourth-order valence-corrected chi connectivity index (χ4v) is 3.16. The van der Waals surface area contributed by atoms with Gasteiger partial charge in [0, 0.05) is 12.1 Å². The van der Waals surface area contributed by atoms with E-state index in [4.69, 9.17) is 11.5 Å². The second-order valence-corrected chi connectivity index (χ2v) is 9.09. The minimum absolute atomic E-state index is 0.117. The van der Waals surface area contributed by atoms with Gasteiger partial charge in [-0.2, -0.15) is 0 Å². The Bertz CT molecular complexity index is 615. The standard InChI is InChI=1S/C30H52N2O2/c1-27(31)29(33)25-23-21-19-17-15-13-11-9-7-5-3-4-6-8-10-12-14-16-18-20-22-24-26-30(34)28(2)32/h3,5-6,8-9,11-12,14-15,17,21,23,27-30,33-34H,4,7,10,13,16,18-20,22,24-26,31-32H2,1-2H3/b5-3+,8-6+,11-9+,14-12+,17-15+,23-21+. The predicted molar refractivity (Wildman–Crippen MR) is 150 cm³/mol. The zero-order valence-electron chi connectivity index (χ0n) is 21.8. The Kier molecular flexibility index (Phi) is 23.2. The van der Waals surface area contributed by atoms with Gasteiger partial charge in [0.1, 0.15) is 0 Å². The largest absolute Gasteiger partial charge is 0.392 e. The summed E-state index contributed by atoms with van der Waals surface area (Å²) in [7, 11) is 0. The molecule has 0 saturated carbocycles. The van der Waals surface area contributed by atoms with Crippen LogP contribution in [0.1, 0.15) is 90.9 Å². The van der Waals surface area contributed by atoms with Crippen LogP contribution in [0.15, 0.2) is 72.9 Å². The molecule has 0 aliphatic heterocycles. The van der Waals surface area contributed by atoms with Crippen molar-refractivity contribution in [1.29, 1.82) is 0 Å². The van der Waals surface area contributed by atoms with Gasteiger partial charge in [-0.05, 0) is 71.6 Å². The maximum absolute atomic E-state index is 9.66. The van der Waals surface area contributed by atoms with Crippen LogP contribution in [-0.2, 0) is 0 Å². The van der Waals surface area contributed by atoms with Crippen molar-refractivity contribution in [2.45, 2.75) is 115 Å². The molecule has 0 aliphatic rings. The van der Waals surface area contributed by atoms with Crippen LogP contribution in [0, 0.1) is 0 Å². The maximum Gasteiger partial charge on any atom is 0.0722 e. The van der Waals surface area contributed by atoms with Crippen LogP contribution >= 0.6 is 0 Å². The molecule has 0 amide bonds. The molecule has 0 saturated heterocycles. The van der Waals surface area contributed by atoms with Crippen molar-refractivity contribution in [2.75, 3.05) is 0 Å². The molecule has 0 bridgehead atoms. The second kappa shape index (κ2) is 24.4. The molecule has 0 heterocycles. The number of unbranched alkanes of at least 4 members (excludes halogenated alkanes) is 4. The van der Waals surface area contributed by atoms with Gasteiger partial charge in [-0.1, -0.05) is 92.2 Å². The van der Waals surface area contributed by atoms with Gasteiger partial charge in [-0.15, -0.1) is 0 Å². The molecule has 34 heavy (non-hydrogen) atoms. The van der Waals surface area contributed by atoms with E-state index in [9.17, 15) is 10.2 Å². The van der Waals surface area contributed by atoms with E-state index < -0.39 is 6.10 Å². The van der Waals surface area contributed by atoms with E-state index in [-0.39, 0.29) is 18.2 Å². The Labute approximate surface area is 209 Å². The first-order valence-electron chi connectivity index (χ1n) is 13.2. The molecule has 4 unspecified atom stereocenters. The summed E-state index contributed by atoms with van der Waals surface area (Å²) in [6, 6.07) is -0.295. The van der Waals surface area contributed by atoms with Crippen LogP contribution in [-0.4, -0.2) is 34.5 Å². The Balaban J connectivity index is 3.54. The third-order valence-electron chi connectivity index (χ3n) is 5.57. The van der Waals surface area contributed by atoms with E-state index in [0.717, 1.165) is 51.4 Å². The summed E-state index contributed by atoms with van der Waals surface area (Å²) in [4.78, 5) is 0. The first-order chi connectivity index (χ1) is 16.4. The fourth-order valence-electron chi connectivity index (χ4n) is 3.16. The van der Waals surface area contributed by atoms with Gasteiger partial charge in [-0.3, -0.25) is 0 Å². The monoisotopic (exact) mass is 472 g/mol. The highest BCUT2D eigenvalue weighted by Gasteiger charge is 2.08. The zero-order chi connectivity index (χ0) is 25.3. The Morgan fingerprint density at radius 1 is 0.500 bits per heavy atom. The lowest BCUT2D eigenvalue weighted by Crippen LogP contribution is -2.31. The summed E-state index contributed by atoms with van der Waals surface area (Å²) in [5, 5.41) is 19.3. The fraction of sp³-hybridized carbons (Fsp3) is 0.600. The van der Waals surface area contributed by atoms with Crippen LogP contribution in [0.3, 0.4) is 0 Å². The molecule has 0 aromatic heterocycles. The molecule has 0 rings (SSSR count). The van der Waals surface area contributed by atoms with Crippen molar-refractivity contribution < 1.29 is 10.2 Å². The molecular weight excluding hydrogens is 420 g/mol. The molecule has 4 nitrogen and oxygen atoms in total. The maximum atomic E-state index is 9.66. The van der Waals surface area contributed by atoms with E-state index in [0.29, 0.717) is 6.42 Å². The first-order valence-corrected chi connectivity index (χ1v) is 13.2. The summed E-state index contributed by atoms with van der Waals surface area (Å²) in [5.41, 5.74) is 11.3. The lowest BCUT2D eigenvalue weighted by Gasteiger charge is -2.13. The predicted octanol–water partition coefficient (Wildman–Crippen LogP) is 6.42. The zero-order valence-corrected chi connectivity index (χ0v) is 21.8. The average Bonchev–Trinajstić information content (AvgIpc) is 2.81. The van der Waals surface area contributed by atoms with Crippen molar-refractivity contribution >= 4 is 0 Å². The molecule has 0 aromatic carbocycles. The molecule has 0 spiro atoms. The molecule has 0 radical (unpaired) electrons. The molecule has 4 atom stereocenters. The van der Waals surface area contributed by atoms with Gasteiger partial charge in [0.25, 0.3) is 0 Å². The van der Waals surface area contributed by atoms with Crippen molar-refractivity contribution in [2.24, 2.45) is 11.5 Å². The number of hydrogen-bond donors (Lipinski definition) is 4. The number of rotatable bonds is 21. The number of allylic oxidation sites excluding steroid dienone is 11. The SMILES string of the molecule is CC(N)C(O)C/C=C/C/C=C/C/C=C/C/C=C/C/C=C/C/C=C/CCCCCCC(O)C(C)N. The summed E-state index contributed by atoms with van der Waals surface area (Å²) in [6.07, 6.45) is 37.4. The quantitative estimate of drug-likeness (QED) is 0.114. The van der Waals surface area contributed by atoms with E-state index >= 15 is 0 Å². The molecular formula is C30H52N2O2. The van der Waals surface area contributed by atoms with Gasteiger partial charge >= 0.3 is 0 Å². The smallest absolute Gasteiger partial charge is 0.0722 e. The second-order valence-electron chi connectivity index (χ2n) is 9.09. The van der Waals surface area contributed by atoms with Crippen LogP contribution in [0.2, 0.25) is 0 Å².